The van der Waals surface area contributed by atoms with Gasteiger partial charge in [0.25, 0.3) is 0 Å². The summed E-state index contributed by atoms with van der Waals surface area (Å²) in [6.45, 7) is 4.94. The van der Waals surface area contributed by atoms with Crippen LogP contribution in [0.5, 0.6) is 0 Å². The second-order valence-corrected chi connectivity index (χ2v) is 11.1. The molecule has 0 aliphatic heterocycles. The standard InChI is InChI=1S/C19H28O.CH5NO2S/c1-18-9-3-4-16(18)14-8-11-19(2)12-13(20)5-6-17(19)15(14)7-10-18;1-5(2,3)4/h15,17H,3-12H2,1-2H3;1H3,(H2,2,3,4). The Kier molecular flexibility index (Phi) is 4.95. The van der Waals surface area contributed by atoms with Crippen molar-refractivity contribution in [3.05, 3.63) is 11.1 Å². The molecule has 3 saturated carbocycles. The minimum Gasteiger partial charge on any atom is -0.300 e. The Hall–Kier alpha value is -0.680. The van der Waals surface area contributed by atoms with Gasteiger partial charge >= 0.3 is 0 Å². The second-order valence-electron chi connectivity index (χ2n) is 9.41. The monoisotopic (exact) mass is 367 g/mol. The number of allylic oxidation sites excluding steroid dienone is 2. The number of nitrogens with two attached hydrogens (primary N) is 1. The maximum absolute atomic E-state index is 11.9. The van der Waals surface area contributed by atoms with Gasteiger partial charge in [-0.1, -0.05) is 25.0 Å². The van der Waals surface area contributed by atoms with Gasteiger partial charge in [-0.3, -0.25) is 4.79 Å². The van der Waals surface area contributed by atoms with Crippen molar-refractivity contribution in [3.63, 3.8) is 0 Å². The topological polar surface area (TPSA) is 77.2 Å². The van der Waals surface area contributed by atoms with Crippen LogP contribution in [0.4, 0.5) is 0 Å². The molecule has 0 spiro atoms. The van der Waals surface area contributed by atoms with Crippen molar-refractivity contribution in [2.45, 2.75) is 78.1 Å². The fourth-order valence-electron chi connectivity index (χ4n) is 6.30. The molecule has 4 unspecified atom stereocenters. The summed E-state index contributed by atoms with van der Waals surface area (Å²) in [6.07, 6.45) is 13.5. The summed E-state index contributed by atoms with van der Waals surface area (Å²) >= 11 is 0. The number of ketones is 1. The van der Waals surface area contributed by atoms with Crippen LogP contribution >= 0.6 is 0 Å². The fourth-order valence-corrected chi connectivity index (χ4v) is 6.30. The third kappa shape index (κ3) is 3.87. The van der Waals surface area contributed by atoms with Crippen molar-refractivity contribution in [3.8, 4) is 0 Å². The minimum atomic E-state index is -3.17. The molecule has 3 fully saturated rings. The molecule has 4 aliphatic carbocycles. The lowest BCUT2D eigenvalue weighted by atomic mass is 9.51. The molecular weight excluding hydrogens is 334 g/mol. The van der Waals surface area contributed by atoms with Crippen molar-refractivity contribution in [2.24, 2.45) is 27.8 Å². The molecule has 0 aromatic rings. The Balaban J connectivity index is 0.000000324. The molecular formula is C20H33NO3S. The summed E-state index contributed by atoms with van der Waals surface area (Å²) in [7, 11) is -3.17. The quantitative estimate of drug-likeness (QED) is 0.658. The van der Waals surface area contributed by atoms with Crippen LogP contribution in [-0.4, -0.2) is 20.5 Å². The summed E-state index contributed by atoms with van der Waals surface area (Å²) in [6, 6.07) is 0. The van der Waals surface area contributed by atoms with Crippen LogP contribution in [0.1, 0.15) is 78.1 Å². The van der Waals surface area contributed by atoms with Gasteiger partial charge < -0.3 is 0 Å². The van der Waals surface area contributed by atoms with E-state index in [1.54, 1.807) is 0 Å². The molecule has 0 amide bonds. The Morgan fingerprint density at radius 2 is 1.72 bits per heavy atom. The third-order valence-corrected chi connectivity index (χ3v) is 7.41. The van der Waals surface area contributed by atoms with E-state index in [2.05, 4.69) is 19.0 Å². The zero-order valence-electron chi connectivity index (χ0n) is 15.9. The average molecular weight is 368 g/mol. The Morgan fingerprint density at radius 3 is 2.40 bits per heavy atom. The molecule has 0 heterocycles. The van der Waals surface area contributed by atoms with Crippen molar-refractivity contribution in [1.82, 2.24) is 0 Å². The highest BCUT2D eigenvalue weighted by Gasteiger charge is 2.51. The lowest BCUT2D eigenvalue weighted by molar-refractivity contribution is -0.127. The molecule has 0 aromatic carbocycles. The predicted octanol–water partition coefficient (Wildman–Crippen LogP) is 3.96. The van der Waals surface area contributed by atoms with E-state index in [4.69, 9.17) is 0 Å². The summed E-state index contributed by atoms with van der Waals surface area (Å²) in [4.78, 5) is 11.9. The maximum Gasteiger partial charge on any atom is 0.206 e. The molecule has 0 aromatic heterocycles. The van der Waals surface area contributed by atoms with Crippen LogP contribution in [0.25, 0.3) is 0 Å². The Morgan fingerprint density at radius 1 is 1.04 bits per heavy atom. The molecule has 4 aliphatic rings. The van der Waals surface area contributed by atoms with Gasteiger partial charge in [0.15, 0.2) is 0 Å². The van der Waals surface area contributed by atoms with Gasteiger partial charge in [-0.25, -0.2) is 13.6 Å². The highest BCUT2D eigenvalue weighted by molar-refractivity contribution is 7.88. The van der Waals surface area contributed by atoms with E-state index in [-0.39, 0.29) is 0 Å². The Labute approximate surface area is 152 Å². The first-order valence-electron chi connectivity index (χ1n) is 9.74. The first-order chi connectivity index (χ1) is 11.5. The van der Waals surface area contributed by atoms with Gasteiger partial charge in [0.1, 0.15) is 5.78 Å². The van der Waals surface area contributed by atoms with Crippen molar-refractivity contribution in [2.75, 3.05) is 6.26 Å². The number of Topliss-reactive ketones (excluding diaryl/α,β-unsaturated/α-hetero) is 1. The van der Waals surface area contributed by atoms with E-state index >= 15 is 0 Å². The smallest absolute Gasteiger partial charge is 0.206 e. The molecule has 0 radical (unpaired) electrons. The van der Waals surface area contributed by atoms with Crippen molar-refractivity contribution >= 4 is 15.8 Å². The van der Waals surface area contributed by atoms with Gasteiger partial charge in [0.05, 0.1) is 6.26 Å². The first kappa shape index (κ1) is 19.1. The molecule has 4 atom stereocenters. The van der Waals surface area contributed by atoms with Crippen LogP contribution in [0.2, 0.25) is 0 Å². The molecule has 0 saturated heterocycles. The van der Waals surface area contributed by atoms with E-state index in [0.717, 1.165) is 30.9 Å². The van der Waals surface area contributed by atoms with Crippen LogP contribution in [0.3, 0.4) is 0 Å². The highest BCUT2D eigenvalue weighted by Crippen LogP contribution is 2.62. The Bertz CT molecular complexity index is 688. The number of rotatable bonds is 0. The number of primary sulfonamides is 1. The number of sulfonamides is 1. The van der Waals surface area contributed by atoms with E-state index in [1.807, 2.05) is 11.1 Å². The van der Waals surface area contributed by atoms with E-state index in [1.165, 1.54) is 51.4 Å². The predicted molar refractivity (Wildman–Crippen MR) is 100 cm³/mol. The van der Waals surface area contributed by atoms with Gasteiger partial charge in [-0.15, -0.1) is 0 Å². The molecule has 142 valence electrons. The summed E-state index contributed by atoms with van der Waals surface area (Å²) in [5.41, 5.74) is 4.63. The van der Waals surface area contributed by atoms with Crippen LogP contribution in [-0.2, 0) is 14.8 Å². The molecule has 4 nitrogen and oxygen atoms in total. The van der Waals surface area contributed by atoms with Crippen LogP contribution < -0.4 is 5.14 Å². The summed E-state index contributed by atoms with van der Waals surface area (Å²) in [5.74, 6) is 2.17. The van der Waals surface area contributed by atoms with Gasteiger partial charge in [-0.05, 0) is 74.0 Å². The fraction of sp³-hybridized carbons (Fsp3) is 0.850. The van der Waals surface area contributed by atoms with E-state index in [9.17, 15) is 13.2 Å². The van der Waals surface area contributed by atoms with Crippen molar-refractivity contribution in [1.29, 1.82) is 0 Å². The van der Waals surface area contributed by atoms with E-state index in [0.29, 0.717) is 16.6 Å². The summed E-state index contributed by atoms with van der Waals surface area (Å²) < 4.78 is 18.8. The van der Waals surface area contributed by atoms with Gasteiger partial charge in [0, 0.05) is 12.8 Å². The average Bonchev–Trinajstić information content (AvgIpc) is 2.86. The van der Waals surface area contributed by atoms with Gasteiger partial charge in [0.2, 0.25) is 10.0 Å². The number of carbonyl (C=O) groups is 1. The second kappa shape index (κ2) is 6.49. The first-order valence-corrected chi connectivity index (χ1v) is 11.7. The molecule has 5 heteroatoms. The van der Waals surface area contributed by atoms with Gasteiger partial charge in [-0.2, -0.15) is 0 Å². The maximum atomic E-state index is 11.9. The van der Waals surface area contributed by atoms with Crippen molar-refractivity contribution < 1.29 is 13.2 Å². The van der Waals surface area contributed by atoms with E-state index < -0.39 is 10.0 Å². The lowest BCUT2D eigenvalue weighted by Gasteiger charge is -2.53. The molecule has 4 rings (SSSR count). The zero-order valence-corrected chi connectivity index (χ0v) is 16.8. The summed E-state index contributed by atoms with van der Waals surface area (Å²) in [5, 5.41) is 4.33. The third-order valence-electron chi connectivity index (χ3n) is 7.41. The normalized spacial score (nSPS) is 40.6. The number of fused-ring (bicyclic) bond motifs is 4. The number of carbonyl (C=O) groups excluding carboxylic acids is 1. The lowest BCUT2D eigenvalue weighted by Crippen LogP contribution is -2.45. The number of hydrogen-bond acceptors (Lipinski definition) is 3. The minimum absolute atomic E-state index is 0.330. The number of hydrogen-bond donors (Lipinski definition) is 1. The zero-order chi connectivity index (χ0) is 18.5. The largest absolute Gasteiger partial charge is 0.300 e. The molecule has 25 heavy (non-hydrogen) atoms. The van der Waals surface area contributed by atoms with Crippen LogP contribution in [0.15, 0.2) is 11.1 Å². The van der Waals surface area contributed by atoms with Crippen LogP contribution in [0, 0.1) is 22.7 Å². The molecule has 0 bridgehead atoms. The SMILES string of the molecule is CC12CCCC1=C1CCC3(C)CC(=O)CCC3C1CC2.CS(N)(=O)=O. The highest BCUT2D eigenvalue weighted by atomic mass is 32.2. The molecule has 2 N–H and O–H groups in total.